The van der Waals surface area contributed by atoms with Crippen LogP contribution in [0.1, 0.15) is 29.0 Å². The van der Waals surface area contributed by atoms with Crippen molar-refractivity contribution >= 4 is 5.69 Å². The van der Waals surface area contributed by atoms with Crippen molar-refractivity contribution in [2.45, 2.75) is 25.7 Å². The third-order valence-electron chi connectivity index (χ3n) is 6.35. The maximum absolute atomic E-state index is 5.39. The highest BCUT2D eigenvalue weighted by atomic mass is 16.5. The number of rotatable bonds is 2. The first kappa shape index (κ1) is 15.3. The van der Waals surface area contributed by atoms with E-state index in [0.717, 1.165) is 18.2 Å². The Morgan fingerprint density at radius 3 is 2.92 bits per heavy atom. The minimum absolute atomic E-state index is 0.682. The van der Waals surface area contributed by atoms with Gasteiger partial charge in [-0.25, -0.2) is 0 Å². The summed E-state index contributed by atoms with van der Waals surface area (Å²) in [5.74, 6) is 2.39. The predicted molar refractivity (Wildman–Crippen MR) is 103 cm³/mol. The first-order valence-electron chi connectivity index (χ1n) is 9.52. The molecule has 0 saturated carbocycles. The molecule has 3 aliphatic heterocycles. The first-order valence-corrected chi connectivity index (χ1v) is 9.52. The zero-order valence-corrected chi connectivity index (χ0v) is 15.1. The highest BCUT2D eigenvalue weighted by Crippen LogP contribution is 2.46. The summed E-state index contributed by atoms with van der Waals surface area (Å²) < 4.78 is 5.39. The van der Waals surface area contributed by atoms with Gasteiger partial charge in [0, 0.05) is 37.8 Å². The number of methoxy groups -OCH3 is 1. The van der Waals surface area contributed by atoms with E-state index in [0.29, 0.717) is 5.92 Å². The monoisotopic (exact) mass is 334 g/mol. The van der Waals surface area contributed by atoms with Crippen molar-refractivity contribution in [3.63, 3.8) is 0 Å². The van der Waals surface area contributed by atoms with Gasteiger partial charge in [-0.2, -0.15) is 0 Å². The van der Waals surface area contributed by atoms with Gasteiger partial charge in [-0.3, -0.25) is 0 Å². The number of ether oxygens (including phenoxy) is 1. The molecule has 25 heavy (non-hydrogen) atoms. The molecular formula is C22H26N2O. The lowest BCUT2D eigenvalue weighted by Crippen LogP contribution is -2.40. The summed E-state index contributed by atoms with van der Waals surface area (Å²) in [6, 6.07) is 11.4. The Kier molecular flexibility index (Phi) is 3.53. The van der Waals surface area contributed by atoms with Gasteiger partial charge < -0.3 is 15.0 Å². The fourth-order valence-electron chi connectivity index (χ4n) is 5.15. The quantitative estimate of drug-likeness (QED) is 0.905. The largest absolute Gasteiger partial charge is 0.497 e. The lowest BCUT2D eigenvalue weighted by atomic mass is 9.78. The van der Waals surface area contributed by atoms with Gasteiger partial charge >= 0.3 is 0 Å². The number of hydrogen-bond acceptors (Lipinski definition) is 3. The lowest BCUT2D eigenvalue weighted by Gasteiger charge is -2.42. The van der Waals surface area contributed by atoms with Crippen molar-refractivity contribution < 1.29 is 4.74 Å². The Morgan fingerprint density at radius 2 is 2.08 bits per heavy atom. The second-order valence-corrected chi connectivity index (χ2v) is 7.83. The van der Waals surface area contributed by atoms with Crippen LogP contribution in [0.5, 0.6) is 5.75 Å². The molecule has 3 heterocycles. The van der Waals surface area contributed by atoms with Crippen LogP contribution < -0.4 is 15.0 Å². The zero-order valence-electron chi connectivity index (χ0n) is 15.1. The summed E-state index contributed by atoms with van der Waals surface area (Å²) in [6.07, 6.45) is 2.50. The van der Waals surface area contributed by atoms with Gasteiger partial charge in [0.05, 0.1) is 7.11 Å². The second-order valence-electron chi connectivity index (χ2n) is 7.83. The summed E-state index contributed by atoms with van der Waals surface area (Å²) in [5, 5.41) is 3.63. The molecular weight excluding hydrogens is 308 g/mol. The Balaban J connectivity index is 1.67. The molecule has 2 unspecified atom stereocenters. The third-order valence-corrected chi connectivity index (χ3v) is 6.35. The van der Waals surface area contributed by atoms with Crippen molar-refractivity contribution in [2.24, 2.45) is 5.92 Å². The van der Waals surface area contributed by atoms with E-state index in [1.165, 1.54) is 49.2 Å². The number of hydrogen-bond donors (Lipinski definition) is 1. The average Bonchev–Trinajstić information content (AvgIpc) is 3.10. The summed E-state index contributed by atoms with van der Waals surface area (Å²) in [6.45, 7) is 6.95. The third kappa shape index (κ3) is 2.36. The number of nitrogens with zero attached hydrogens (tertiary/aromatic N) is 1. The Bertz CT molecular complexity index is 829. The molecule has 1 saturated heterocycles. The van der Waals surface area contributed by atoms with Crippen LogP contribution in [0, 0.1) is 12.8 Å². The Morgan fingerprint density at radius 1 is 1.16 bits per heavy atom. The molecule has 3 aliphatic rings. The molecule has 3 heteroatoms. The van der Waals surface area contributed by atoms with E-state index in [1.54, 1.807) is 23.9 Å². The topological polar surface area (TPSA) is 24.5 Å². The number of benzene rings is 2. The van der Waals surface area contributed by atoms with Crippen molar-refractivity contribution in [1.29, 1.82) is 0 Å². The van der Waals surface area contributed by atoms with Crippen molar-refractivity contribution in [1.82, 2.24) is 5.32 Å². The minimum atomic E-state index is 0.682. The van der Waals surface area contributed by atoms with E-state index in [2.05, 4.69) is 47.5 Å². The predicted octanol–water partition coefficient (Wildman–Crippen LogP) is 3.74. The first-order chi connectivity index (χ1) is 12.2. The van der Waals surface area contributed by atoms with E-state index in [4.69, 9.17) is 4.74 Å². The zero-order chi connectivity index (χ0) is 17.0. The van der Waals surface area contributed by atoms with Gasteiger partial charge in [0.25, 0.3) is 0 Å². The molecule has 0 bridgehead atoms. The standard InChI is InChI=1S/C22H26N2O/c1-14-8-18(25-2)5-6-19(14)16-9-15-4-3-7-24-13-17-11-23-12-21(17)20(10-16)22(15)24/h5-6,8-10,17,21,23H,3-4,7,11-13H2,1-2H3. The van der Waals surface area contributed by atoms with E-state index in [1.807, 2.05) is 0 Å². The van der Waals surface area contributed by atoms with Gasteiger partial charge in [0.2, 0.25) is 0 Å². The average molecular weight is 334 g/mol. The molecule has 0 aromatic heterocycles. The highest BCUT2D eigenvalue weighted by Gasteiger charge is 2.38. The SMILES string of the molecule is COc1ccc(-c2cc3c4c(c2)C2CNCC2CN4CCC3)c(C)c1. The molecule has 0 spiro atoms. The van der Waals surface area contributed by atoms with E-state index >= 15 is 0 Å². The van der Waals surface area contributed by atoms with Gasteiger partial charge in [0.1, 0.15) is 5.75 Å². The van der Waals surface area contributed by atoms with Crippen molar-refractivity contribution in [3.8, 4) is 16.9 Å². The summed E-state index contributed by atoms with van der Waals surface area (Å²) >= 11 is 0. The van der Waals surface area contributed by atoms with E-state index in [-0.39, 0.29) is 0 Å². The fourth-order valence-corrected chi connectivity index (χ4v) is 5.15. The van der Waals surface area contributed by atoms with Crippen LogP contribution in [0.3, 0.4) is 0 Å². The molecule has 2 aromatic rings. The van der Waals surface area contributed by atoms with Gasteiger partial charge in [-0.15, -0.1) is 0 Å². The summed E-state index contributed by atoms with van der Waals surface area (Å²) in [5.41, 5.74) is 8.71. The molecule has 2 atom stereocenters. The molecule has 5 rings (SSSR count). The number of anilines is 1. The Labute approximate surface area is 150 Å². The van der Waals surface area contributed by atoms with Crippen molar-refractivity contribution in [2.75, 3.05) is 38.2 Å². The van der Waals surface area contributed by atoms with Crippen LogP contribution in [-0.2, 0) is 6.42 Å². The molecule has 130 valence electrons. The fraction of sp³-hybridized carbons (Fsp3) is 0.455. The maximum Gasteiger partial charge on any atom is 0.119 e. The van der Waals surface area contributed by atoms with Crippen LogP contribution in [0.15, 0.2) is 30.3 Å². The number of aryl methyl sites for hydroxylation is 2. The lowest BCUT2D eigenvalue weighted by molar-refractivity contribution is 0.414. The molecule has 0 radical (unpaired) electrons. The molecule has 1 N–H and O–H groups in total. The number of fused-ring (bicyclic) bond motifs is 2. The van der Waals surface area contributed by atoms with Crippen LogP contribution in [0.2, 0.25) is 0 Å². The van der Waals surface area contributed by atoms with E-state index < -0.39 is 0 Å². The molecule has 1 fully saturated rings. The smallest absolute Gasteiger partial charge is 0.119 e. The van der Waals surface area contributed by atoms with Gasteiger partial charge in [-0.1, -0.05) is 6.07 Å². The molecule has 3 nitrogen and oxygen atoms in total. The van der Waals surface area contributed by atoms with Crippen molar-refractivity contribution in [3.05, 3.63) is 47.0 Å². The van der Waals surface area contributed by atoms with Gasteiger partial charge in [-0.05, 0) is 77.8 Å². The second kappa shape index (κ2) is 5.77. The normalized spacial score (nSPS) is 24.0. The molecule has 0 amide bonds. The summed E-state index contributed by atoms with van der Waals surface area (Å²) in [7, 11) is 1.74. The highest BCUT2D eigenvalue weighted by molar-refractivity contribution is 5.76. The van der Waals surface area contributed by atoms with Gasteiger partial charge in [0.15, 0.2) is 0 Å². The van der Waals surface area contributed by atoms with Crippen LogP contribution >= 0.6 is 0 Å². The van der Waals surface area contributed by atoms with Crippen LogP contribution in [0.25, 0.3) is 11.1 Å². The molecule has 2 aromatic carbocycles. The number of nitrogens with one attached hydrogen (secondary N) is 1. The van der Waals surface area contributed by atoms with Crippen LogP contribution in [0.4, 0.5) is 5.69 Å². The Hall–Kier alpha value is -2.00. The van der Waals surface area contributed by atoms with Crippen LogP contribution in [-0.4, -0.2) is 33.3 Å². The summed E-state index contributed by atoms with van der Waals surface area (Å²) in [4.78, 5) is 2.66. The maximum atomic E-state index is 5.39. The molecule has 0 aliphatic carbocycles. The minimum Gasteiger partial charge on any atom is -0.497 e. The van der Waals surface area contributed by atoms with E-state index in [9.17, 15) is 0 Å².